The number of halogens is 2. The van der Waals surface area contributed by atoms with Gasteiger partial charge in [0.25, 0.3) is 0 Å². The molecular formula is C17H22Cl2N2O5S2. The van der Waals surface area contributed by atoms with Gasteiger partial charge in [0.1, 0.15) is 4.90 Å². The number of sulfonamides is 1. The van der Waals surface area contributed by atoms with Crippen molar-refractivity contribution in [2.75, 3.05) is 31.6 Å². The summed E-state index contributed by atoms with van der Waals surface area (Å²) in [6.07, 6.45) is 1.20. The van der Waals surface area contributed by atoms with Crippen LogP contribution in [0.5, 0.6) is 0 Å². The maximum Gasteiger partial charge on any atom is 0.244 e. The second-order valence-corrected chi connectivity index (χ2v) is 12.2. The van der Waals surface area contributed by atoms with Gasteiger partial charge in [0, 0.05) is 37.1 Å². The molecule has 0 radical (unpaired) electrons. The van der Waals surface area contributed by atoms with Crippen molar-refractivity contribution in [2.45, 2.75) is 30.2 Å². The fourth-order valence-electron chi connectivity index (χ4n) is 3.71. The van der Waals surface area contributed by atoms with Crippen molar-refractivity contribution in [3.8, 4) is 0 Å². The largest absolute Gasteiger partial charge is 0.341 e. The first kappa shape index (κ1) is 21.8. The van der Waals surface area contributed by atoms with Crippen LogP contribution >= 0.6 is 23.2 Å². The summed E-state index contributed by atoms with van der Waals surface area (Å²) in [5.41, 5.74) is 0. The normalized spacial score (nSPS) is 23.6. The van der Waals surface area contributed by atoms with Gasteiger partial charge in [-0.1, -0.05) is 23.2 Å². The molecule has 11 heteroatoms. The molecule has 28 heavy (non-hydrogen) atoms. The summed E-state index contributed by atoms with van der Waals surface area (Å²) in [6, 6.07) is 3.99. The van der Waals surface area contributed by atoms with Crippen molar-refractivity contribution in [1.29, 1.82) is 0 Å². The number of piperidine rings is 1. The number of amides is 1. The molecule has 3 rings (SSSR count). The SMILES string of the molecule is CN(C(=O)C1CCN(S(=O)(=O)c2cc(Cl)ccc2Cl)CC1)[C@H]1CCS(=O)(=O)C1. The second kappa shape index (κ2) is 8.10. The first-order valence-electron chi connectivity index (χ1n) is 8.93. The maximum absolute atomic E-state index is 12.9. The Kier molecular flexibility index (Phi) is 6.32. The van der Waals surface area contributed by atoms with Crippen LogP contribution in [-0.4, -0.2) is 69.6 Å². The quantitative estimate of drug-likeness (QED) is 0.673. The third-order valence-electron chi connectivity index (χ3n) is 5.42. The molecule has 2 aliphatic rings. The van der Waals surface area contributed by atoms with E-state index >= 15 is 0 Å². The number of nitrogens with zero attached hydrogens (tertiary/aromatic N) is 2. The van der Waals surface area contributed by atoms with E-state index < -0.39 is 19.9 Å². The summed E-state index contributed by atoms with van der Waals surface area (Å²) in [4.78, 5) is 14.2. The van der Waals surface area contributed by atoms with Crippen molar-refractivity contribution in [2.24, 2.45) is 5.92 Å². The second-order valence-electron chi connectivity index (χ2n) is 7.26. The lowest BCUT2D eigenvalue weighted by Gasteiger charge is -2.34. The highest BCUT2D eigenvalue weighted by Crippen LogP contribution is 2.31. The van der Waals surface area contributed by atoms with Gasteiger partial charge >= 0.3 is 0 Å². The van der Waals surface area contributed by atoms with Crippen LogP contribution in [0, 0.1) is 5.92 Å². The van der Waals surface area contributed by atoms with Gasteiger partial charge in [-0.05, 0) is 37.5 Å². The van der Waals surface area contributed by atoms with Crippen molar-refractivity contribution >= 4 is 49.0 Å². The highest BCUT2D eigenvalue weighted by Gasteiger charge is 2.38. The standard InChI is InChI=1S/C17H22Cl2N2O5S2/c1-20(14-6-9-27(23,24)11-14)17(22)12-4-7-21(8-5-12)28(25,26)16-10-13(18)2-3-15(16)19/h2-3,10,12,14H,4-9,11H2,1H3/t14-/m0/s1. The lowest BCUT2D eigenvalue weighted by atomic mass is 9.96. The number of benzene rings is 1. The van der Waals surface area contributed by atoms with Gasteiger partial charge in [0.05, 0.1) is 16.5 Å². The van der Waals surface area contributed by atoms with E-state index in [9.17, 15) is 21.6 Å². The molecular weight excluding hydrogens is 447 g/mol. The number of carbonyl (C=O) groups is 1. The fraction of sp³-hybridized carbons (Fsp3) is 0.588. The first-order chi connectivity index (χ1) is 13.0. The van der Waals surface area contributed by atoms with Gasteiger partial charge in [-0.15, -0.1) is 0 Å². The summed E-state index contributed by atoms with van der Waals surface area (Å²) in [7, 11) is -5.25. The molecule has 1 amide bonds. The van der Waals surface area contributed by atoms with Crippen molar-refractivity contribution < 1.29 is 21.6 Å². The van der Waals surface area contributed by atoms with Gasteiger partial charge in [0.2, 0.25) is 15.9 Å². The molecule has 0 aliphatic carbocycles. The van der Waals surface area contributed by atoms with Crippen LogP contribution < -0.4 is 0 Å². The molecule has 156 valence electrons. The monoisotopic (exact) mass is 468 g/mol. The van der Waals surface area contributed by atoms with E-state index in [2.05, 4.69) is 0 Å². The molecule has 1 aromatic carbocycles. The van der Waals surface area contributed by atoms with E-state index in [0.29, 0.717) is 19.3 Å². The van der Waals surface area contributed by atoms with E-state index in [1.54, 1.807) is 7.05 Å². The van der Waals surface area contributed by atoms with Crippen LogP contribution in [-0.2, 0) is 24.7 Å². The summed E-state index contributed by atoms with van der Waals surface area (Å²) in [5, 5.41) is 0.381. The molecule has 1 aromatic rings. The number of hydrogen-bond donors (Lipinski definition) is 0. The molecule has 2 saturated heterocycles. The smallest absolute Gasteiger partial charge is 0.244 e. The minimum absolute atomic E-state index is 0.00424. The lowest BCUT2D eigenvalue weighted by Crippen LogP contribution is -2.46. The van der Waals surface area contributed by atoms with Crippen LogP contribution in [0.2, 0.25) is 10.0 Å². The Bertz CT molecular complexity index is 973. The molecule has 0 unspecified atom stereocenters. The molecule has 7 nitrogen and oxygen atoms in total. The number of rotatable bonds is 4. The molecule has 0 aromatic heterocycles. The number of carbonyl (C=O) groups excluding carboxylic acids is 1. The maximum atomic E-state index is 12.9. The van der Waals surface area contributed by atoms with Gasteiger partial charge in [-0.25, -0.2) is 16.8 Å². The van der Waals surface area contributed by atoms with Gasteiger partial charge in [0.15, 0.2) is 9.84 Å². The minimum Gasteiger partial charge on any atom is -0.341 e. The Morgan fingerprint density at radius 2 is 1.82 bits per heavy atom. The lowest BCUT2D eigenvalue weighted by molar-refractivity contribution is -0.137. The zero-order chi connectivity index (χ0) is 20.7. The molecule has 0 spiro atoms. The topological polar surface area (TPSA) is 91.8 Å². The van der Waals surface area contributed by atoms with Gasteiger partial charge < -0.3 is 4.90 Å². The zero-order valence-electron chi connectivity index (χ0n) is 15.3. The Labute approximate surface area is 175 Å². The van der Waals surface area contributed by atoms with Crippen LogP contribution in [0.25, 0.3) is 0 Å². The molecule has 1 atom stereocenters. The predicted molar refractivity (Wildman–Crippen MR) is 108 cm³/mol. The minimum atomic E-state index is -3.80. The van der Waals surface area contributed by atoms with E-state index in [0.717, 1.165) is 0 Å². The predicted octanol–water partition coefficient (Wildman–Crippen LogP) is 2.04. The van der Waals surface area contributed by atoms with E-state index in [1.165, 1.54) is 27.4 Å². The van der Waals surface area contributed by atoms with Crippen LogP contribution in [0.4, 0.5) is 0 Å². The van der Waals surface area contributed by atoms with Gasteiger partial charge in [-0.3, -0.25) is 4.79 Å². The van der Waals surface area contributed by atoms with Gasteiger partial charge in [-0.2, -0.15) is 4.31 Å². The van der Waals surface area contributed by atoms with Crippen LogP contribution in [0.3, 0.4) is 0 Å². The summed E-state index contributed by atoms with van der Waals surface area (Å²) < 4.78 is 50.4. The van der Waals surface area contributed by atoms with Crippen LogP contribution in [0.1, 0.15) is 19.3 Å². The Morgan fingerprint density at radius 3 is 2.39 bits per heavy atom. The van der Waals surface area contributed by atoms with Crippen molar-refractivity contribution in [3.05, 3.63) is 28.2 Å². The van der Waals surface area contributed by atoms with Crippen molar-refractivity contribution in [3.63, 3.8) is 0 Å². The Balaban J connectivity index is 1.65. The molecule has 0 bridgehead atoms. The fourth-order valence-corrected chi connectivity index (χ4v) is 7.69. The molecule has 2 aliphatic heterocycles. The number of sulfone groups is 1. The third-order valence-corrected chi connectivity index (χ3v) is 9.78. The third kappa shape index (κ3) is 4.48. The highest BCUT2D eigenvalue weighted by atomic mass is 35.5. The highest BCUT2D eigenvalue weighted by molar-refractivity contribution is 7.91. The molecule has 0 N–H and O–H groups in total. The Morgan fingerprint density at radius 1 is 1.18 bits per heavy atom. The average Bonchev–Trinajstić information content (AvgIpc) is 3.02. The Hall–Kier alpha value is -0.870. The van der Waals surface area contributed by atoms with Crippen molar-refractivity contribution in [1.82, 2.24) is 9.21 Å². The molecule has 0 saturated carbocycles. The summed E-state index contributed by atoms with van der Waals surface area (Å²) in [5.74, 6) is -0.350. The van der Waals surface area contributed by atoms with Crippen LogP contribution in [0.15, 0.2) is 23.1 Å². The first-order valence-corrected chi connectivity index (χ1v) is 13.0. The van der Waals surface area contributed by atoms with E-state index in [-0.39, 0.29) is 57.4 Å². The average molecular weight is 469 g/mol. The molecule has 2 heterocycles. The zero-order valence-corrected chi connectivity index (χ0v) is 18.5. The molecule has 2 fully saturated rings. The summed E-state index contributed by atoms with van der Waals surface area (Å²) >= 11 is 12.0. The summed E-state index contributed by atoms with van der Waals surface area (Å²) in [6.45, 7) is 0.386. The number of hydrogen-bond acceptors (Lipinski definition) is 5. The van der Waals surface area contributed by atoms with E-state index in [1.807, 2.05) is 0 Å². The van der Waals surface area contributed by atoms with E-state index in [4.69, 9.17) is 23.2 Å².